The first-order valence-corrected chi connectivity index (χ1v) is 5.88. The van der Waals surface area contributed by atoms with Crippen LogP contribution < -0.4 is 11.3 Å². The second kappa shape index (κ2) is 5.41. The molecule has 0 aromatic carbocycles. The summed E-state index contributed by atoms with van der Waals surface area (Å²) in [7, 11) is 0. The summed E-state index contributed by atoms with van der Waals surface area (Å²) in [5.41, 5.74) is 3.05. The molecule has 1 unspecified atom stereocenters. The van der Waals surface area contributed by atoms with Crippen LogP contribution in [0.5, 0.6) is 0 Å². The molecule has 1 aromatic heterocycles. The second-order valence-electron chi connectivity index (χ2n) is 4.76. The molecular weight excluding hydrogens is 202 g/mol. The Morgan fingerprint density at radius 2 is 2.19 bits per heavy atom. The lowest BCUT2D eigenvalue weighted by atomic mass is 9.80. The van der Waals surface area contributed by atoms with E-state index in [0.717, 1.165) is 25.2 Å². The van der Waals surface area contributed by atoms with Gasteiger partial charge in [-0.15, -0.1) is 0 Å². The Bertz CT molecular complexity index is 318. The molecule has 0 saturated carbocycles. The molecule has 0 fully saturated rings. The van der Waals surface area contributed by atoms with Crippen molar-refractivity contribution >= 4 is 0 Å². The zero-order valence-electron chi connectivity index (χ0n) is 10.7. The molecule has 0 amide bonds. The molecule has 0 saturated heterocycles. The zero-order chi connectivity index (χ0) is 12.2. The molecule has 5 heteroatoms. The molecule has 5 nitrogen and oxygen atoms in total. The maximum atomic E-state index is 5.64. The van der Waals surface area contributed by atoms with E-state index in [1.807, 2.05) is 4.68 Å². The van der Waals surface area contributed by atoms with Gasteiger partial charge in [-0.2, -0.15) is 5.10 Å². The fourth-order valence-electron chi connectivity index (χ4n) is 1.70. The Labute approximate surface area is 97.4 Å². The first-order chi connectivity index (χ1) is 7.55. The fourth-order valence-corrected chi connectivity index (χ4v) is 1.70. The third-order valence-corrected chi connectivity index (χ3v) is 3.44. The molecular formula is C11H23N5. The highest BCUT2D eigenvalue weighted by Gasteiger charge is 2.28. The highest BCUT2D eigenvalue weighted by Crippen LogP contribution is 2.26. The van der Waals surface area contributed by atoms with E-state index in [1.165, 1.54) is 0 Å². The van der Waals surface area contributed by atoms with E-state index in [-0.39, 0.29) is 11.5 Å². The Morgan fingerprint density at radius 1 is 1.50 bits per heavy atom. The van der Waals surface area contributed by atoms with Gasteiger partial charge in [-0.3, -0.25) is 16.0 Å². The molecule has 1 rings (SSSR count). The van der Waals surface area contributed by atoms with E-state index in [2.05, 4.69) is 43.2 Å². The Hall–Kier alpha value is -0.940. The second-order valence-corrected chi connectivity index (χ2v) is 4.76. The normalized spacial score (nSPS) is 14.1. The van der Waals surface area contributed by atoms with Gasteiger partial charge in [-0.05, 0) is 18.8 Å². The number of aromatic nitrogens is 3. The molecule has 0 radical (unpaired) electrons. The summed E-state index contributed by atoms with van der Waals surface area (Å²) in [6.45, 7) is 9.51. The van der Waals surface area contributed by atoms with E-state index in [4.69, 9.17) is 5.84 Å². The number of hydrogen-bond acceptors (Lipinski definition) is 4. The summed E-state index contributed by atoms with van der Waals surface area (Å²) >= 11 is 0. The van der Waals surface area contributed by atoms with Crippen LogP contribution in [0.3, 0.4) is 0 Å². The summed E-state index contributed by atoms with van der Waals surface area (Å²) in [6.07, 6.45) is 3.48. The van der Waals surface area contributed by atoms with Crippen LogP contribution >= 0.6 is 0 Å². The van der Waals surface area contributed by atoms with Gasteiger partial charge in [0.05, 0.1) is 0 Å². The lowest BCUT2D eigenvalue weighted by Crippen LogP contribution is -2.47. The predicted molar refractivity (Wildman–Crippen MR) is 64.6 cm³/mol. The van der Waals surface area contributed by atoms with Gasteiger partial charge in [0.2, 0.25) is 0 Å². The average Bonchev–Trinajstić information content (AvgIpc) is 2.72. The van der Waals surface area contributed by atoms with E-state index >= 15 is 0 Å². The molecule has 1 atom stereocenters. The van der Waals surface area contributed by atoms with Gasteiger partial charge >= 0.3 is 0 Å². The average molecular weight is 225 g/mol. The van der Waals surface area contributed by atoms with Crippen molar-refractivity contribution in [3.8, 4) is 0 Å². The van der Waals surface area contributed by atoms with Crippen molar-refractivity contribution in [1.82, 2.24) is 20.2 Å². The van der Waals surface area contributed by atoms with Crippen LogP contribution in [0.2, 0.25) is 0 Å². The van der Waals surface area contributed by atoms with Crippen LogP contribution in [0.25, 0.3) is 0 Å². The minimum absolute atomic E-state index is 0.152. The molecule has 0 bridgehead atoms. The highest BCUT2D eigenvalue weighted by atomic mass is 15.3. The quantitative estimate of drug-likeness (QED) is 0.562. The number of rotatable bonds is 6. The molecule has 1 heterocycles. The minimum Gasteiger partial charge on any atom is -0.271 e. The van der Waals surface area contributed by atoms with Gasteiger partial charge < -0.3 is 0 Å². The first-order valence-electron chi connectivity index (χ1n) is 5.88. The molecule has 0 aliphatic carbocycles. The summed E-state index contributed by atoms with van der Waals surface area (Å²) in [5.74, 6) is 6.63. The zero-order valence-corrected chi connectivity index (χ0v) is 10.7. The van der Waals surface area contributed by atoms with Gasteiger partial charge in [0, 0.05) is 19.0 Å². The molecule has 0 spiro atoms. The third kappa shape index (κ3) is 2.80. The number of aryl methyl sites for hydroxylation is 1. The van der Waals surface area contributed by atoms with E-state index in [1.54, 1.807) is 6.33 Å². The van der Waals surface area contributed by atoms with Crippen molar-refractivity contribution in [3.63, 3.8) is 0 Å². The van der Waals surface area contributed by atoms with E-state index in [9.17, 15) is 0 Å². The smallest absolute Gasteiger partial charge is 0.138 e. The van der Waals surface area contributed by atoms with Crippen molar-refractivity contribution in [2.45, 2.75) is 53.1 Å². The van der Waals surface area contributed by atoms with Crippen molar-refractivity contribution < 1.29 is 0 Å². The van der Waals surface area contributed by atoms with Crippen molar-refractivity contribution in [3.05, 3.63) is 12.2 Å². The highest BCUT2D eigenvalue weighted by molar-refractivity contribution is 4.94. The van der Waals surface area contributed by atoms with Crippen LogP contribution in [0.1, 0.15) is 39.9 Å². The molecule has 0 aliphatic heterocycles. The Morgan fingerprint density at radius 3 is 2.69 bits per heavy atom. The fraction of sp³-hybridized carbons (Fsp3) is 0.818. The van der Waals surface area contributed by atoms with Gasteiger partial charge in [0.1, 0.15) is 12.2 Å². The topological polar surface area (TPSA) is 68.8 Å². The predicted octanol–water partition coefficient (Wildman–Crippen LogP) is 1.11. The van der Waals surface area contributed by atoms with Crippen LogP contribution in [-0.4, -0.2) is 20.8 Å². The summed E-state index contributed by atoms with van der Waals surface area (Å²) in [4.78, 5) is 4.28. The van der Waals surface area contributed by atoms with Crippen LogP contribution in [0.4, 0.5) is 0 Å². The standard InChI is InChI=1S/C11H23N5/c1-5-11(3,4)9(15-12)7-10-13-8-14-16(10)6-2/h8-9,15H,5-7,12H2,1-4H3. The Kier molecular flexibility index (Phi) is 4.44. The van der Waals surface area contributed by atoms with Crippen LogP contribution in [0, 0.1) is 5.41 Å². The van der Waals surface area contributed by atoms with Crippen molar-refractivity contribution in [2.24, 2.45) is 11.3 Å². The monoisotopic (exact) mass is 225 g/mol. The number of nitrogens with two attached hydrogens (primary N) is 1. The van der Waals surface area contributed by atoms with Gasteiger partial charge in [-0.1, -0.05) is 20.8 Å². The number of nitrogens with zero attached hydrogens (tertiary/aromatic N) is 3. The SMILES string of the molecule is CCn1ncnc1CC(NN)C(C)(C)CC. The minimum atomic E-state index is 0.152. The molecule has 3 N–H and O–H groups in total. The maximum absolute atomic E-state index is 5.64. The van der Waals surface area contributed by atoms with Gasteiger partial charge in [0.25, 0.3) is 0 Å². The summed E-state index contributed by atoms with van der Waals surface area (Å²) < 4.78 is 1.91. The third-order valence-electron chi connectivity index (χ3n) is 3.44. The largest absolute Gasteiger partial charge is 0.271 e. The number of hydrazine groups is 1. The molecule has 1 aromatic rings. The van der Waals surface area contributed by atoms with Crippen LogP contribution in [0.15, 0.2) is 6.33 Å². The summed E-state index contributed by atoms with van der Waals surface area (Å²) in [6, 6.07) is 0.215. The van der Waals surface area contributed by atoms with Gasteiger partial charge in [0.15, 0.2) is 0 Å². The van der Waals surface area contributed by atoms with E-state index < -0.39 is 0 Å². The summed E-state index contributed by atoms with van der Waals surface area (Å²) in [5, 5.41) is 4.17. The Balaban J connectivity index is 2.78. The number of hydrogen-bond donors (Lipinski definition) is 2. The first kappa shape index (κ1) is 13.1. The molecule has 0 aliphatic rings. The lowest BCUT2D eigenvalue weighted by Gasteiger charge is -2.32. The number of nitrogens with one attached hydrogen (secondary N) is 1. The molecule has 92 valence electrons. The maximum Gasteiger partial charge on any atom is 0.138 e. The molecule has 16 heavy (non-hydrogen) atoms. The van der Waals surface area contributed by atoms with Crippen molar-refractivity contribution in [2.75, 3.05) is 0 Å². The van der Waals surface area contributed by atoms with Crippen LogP contribution in [-0.2, 0) is 13.0 Å². The van der Waals surface area contributed by atoms with E-state index in [0.29, 0.717) is 0 Å². The van der Waals surface area contributed by atoms with Crippen molar-refractivity contribution in [1.29, 1.82) is 0 Å². The lowest BCUT2D eigenvalue weighted by molar-refractivity contribution is 0.227. The van der Waals surface area contributed by atoms with Gasteiger partial charge in [-0.25, -0.2) is 4.98 Å².